The summed E-state index contributed by atoms with van der Waals surface area (Å²) in [4.78, 5) is 18.1. The molecule has 0 saturated carbocycles. The van der Waals surface area contributed by atoms with E-state index in [1.54, 1.807) is 34.6 Å². The largest absolute Gasteiger partial charge is 0.482 e. The zero-order valence-electron chi connectivity index (χ0n) is 16.5. The van der Waals surface area contributed by atoms with E-state index in [1.165, 1.54) is 13.0 Å². The Balaban J connectivity index is 1.62. The number of carbonyl (C=O) groups is 1. The van der Waals surface area contributed by atoms with Gasteiger partial charge in [0.25, 0.3) is 15.9 Å². The van der Waals surface area contributed by atoms with Crippen LogP contribution in [0.3, 0.4) is 0 Å². The molecular weight excluding hydrogens is 441 g/mol. The minimum absolute atomic E-state index is 0.0184. The third-order valence-electron chi connectivity index (χ3n) is 4.66. The van der Waals surface area contributed by atoms with Gasteiger partial charge in [0, 0.05) is 17.5 Å². The zero-order valence-corrected chi connectivity index (χ0v) is 18.1. The van der Waals surface area contributed by atoms with Crippen LogP contribution >= 0.6 is 11.3 Å². The van der Waals surface area contributed by atoms with Crippen LogP contribution in [0.25, 0.3) is 11.3 Å². The van der Waals surface area contributed by atoms with E-state index in [0.717, 1.165) is 23.5 Å². The van der Waals surface area contributed by atoms with Crippen molar-refractivity contribution < 1.29 is 22.3 Å². The fraction of sp³-hybridized carbons (Fsp3) is 0.143. The van der Waals surface area contributed by atoms with Gasteiger partial charge >= 0.3 is 0 Å². The van der Waals surface area contributed by atoms with Gasteiger partial charge in [-0.2, -0.15) is 0 Å². The number of hydrogen-bond donors (Lipinski definition) is 1. The normalized spacial score (nSPS) is 13.5. The number of nitrogens with one attached hydrogen (secondary N) is 1. The Kier molecular flexibility index (Phi) is 5.50. The number of aromatic nitrogens is 1. The maximum absolute atomic E-state index is 13.3. The monoisotopic (exact) mass is 459 g/mol. The molecular formula is C21H18FN3O4S2. The second kappa shape index (κ2) is 8.12. The van der Waals surface area contributed by atoms with E-state index in [1.807, 2.05) is 0 Å². The summed E-state index contributed by atoms with van der Waals surface area (Å²) in [6.07, 6.45) is 1.63. The van der Waals surface area contributed by atoms with Gasteiger partial charge in [0.15, 0.2) is 11.7 Å². The van der Waals surface area contributed by atoms with Gasteiger partial charge in [0.1, 0.15) is 11.6 Å². The van der Waals surface area contributed by atoms with E-state index >= 15 is 0 Å². The molecule has 1 aromatic heterocycles. The second-order valence-electron chi connectivity index (χ2n) is 6.82. The maximum Gasteiger partial charge on any atom is 0.265 e. The van der Waals surface area contributed by atoms with Gasteiger partial charge in [0.2, 0.25) is 0 Å². The van der Waals surface area contributed by atoms with Crippen molar-refractivity contribution in [2.45, 2.75) is 11.8 Å². The lowest BCUT2D eigenvalue weighted by Crippen LogP contribution is -2.38. The molecule has 1 aliphatic rings. The number of halogens is 1. The van der Waals surface area contributed by atoms with Gasteiger partial charge in [-0.15, -0.1) is 17.9 Å². The summed E-state index contributed by atoms with van der Waals surface area (Å²) in [7, 11) is -3.92. The number of fused-ring (bicyclic) bond motifs is 1. The van der Waals surface area contributed by atoms with Crippen molar-refractivity contribution in [1.82, 2.24) is 4.98 Å². The lowest BCUT2D eigenvalue weighted by molar-refractivity contribution is -0.121. The van der Waals surface area contributed by atoms with E-state index in [4.69, 9.17) is 4.74 Å². The topological polar surface area (TPSA) is 88.6 Å². The summed E-state index contributed by atoms with van der Waals surface area (Å²) in [6.45, 7) is 5.52. The Morgan fingerprint density at radius 1 is 1.32 bits per heavy atom. The van der Waals surface area contributed by atoms with Gasteiger partial charge in [-0.3, -0.25) is 9.52 Å². The van der Waals surface area contributed by atoms with Gasteiger partial charge in [-0.25, -0.2) is 17.8 Å². The summed E-state index contributed by atoms with van der Waals surface area (Å²) in [5.41, 5.74) is 2.14. The first kappa shape index (κ1) is 21.0. The molecule has 10 heteroatoms. The van der Waals surface area contributed by atoms with Gasteiger partial charge < -0.3 is 9.64 Å². The summed E-state index contributed by atoms with van der Waals surface area (Å²) in [6, 6.07) is 8.79. The first-order valence-corrected chi connectivity index (χ1v) is 11.6. The summed E-state index contributed by atoms with van der Waals surface area (Å²) >= 11 is 1.12. The van der Waals surface area contributed by atoms with Crippen molar-refractivity contribution in [1.29, 1.82) is 0 Å². The van der Waals surface area contributed by atoms with Crippen LogP contribution in [0.2, 0.25) is 0 Å². The molecule has 0 fully saturated rings. The number of sulfonamides is 1. The summed E-state index contributed by atoms with van der Waals surface area (Å²) < 4.78 is 46.6. The quantitative estimate of drug-likeness (QED) is 0.564. The maximum atomic E-state index is 13.3. The highest BCUT2D eigenvalue weighted by Crippen LogP contribution is 2.37. The van der Waals surface area contributed by atoms with Crippen molar-refractivity contribution in [2.75, 3.05) is 22.8 Å². The number of hydrogen-bond acceptors (Lipinski definition) is 6. The number of rotatable bonds is 6. The second-order valence-corrected chi connectivity index (χ2v) is 9.33. The molecule has 2 aromatic carbocycles. The molecule has 1 N–H and O–H groups in total. The molecule has 0 atom stereocenters. The molecule has 4 rings (SSSR count). The average Bonchev–Trinajstić information content (AvgIpc) is 3.17. The molecule has 0 aliphatic carbocycles. The van der Waals surface area contributed by atoms with Crippen LogP contribution in [-0.4, -0.2) is 32.5 Å². The lowest BCUT2D eigenvalue weighted by Gasteiger charge is -2.28. The highest BCUT2D eigenvalue weighted by atomic mass is 32.2. The minimum atomic E-state index is -3.92. The van der Waals surface area contributed by atoms with E-state index in [-0.39, 0.29) is 22.5 Å². The Morgan fingerprint density at radius 3 is 2.87 bits per heavy atom. The van der Waals surface area contributed by atoms with E-state index in [0.29, 0.717) is 34.8 Å². The number of benzene rings is 2. The van der Waals surface area contributed by atoms with E-state index in [2.05, 4.69) is 16.3 Å². The van der Waals surface area contributed by atoms with Crippen molar-refractivity contribution in [3.8, 4) is 17.0 Å². The van der Waals surface area contributed by atoms with E-state index in [9.17, 15) is 17.6 Å². The molecule has 7 nitrogen and oxygen atoms in total. The van der Waals surface area contributed by atoms with Gasteiger partial charge in [-0.05, 0) is 48.9 Å². The van der Waals surface area contributed by atoms with Crippen LogP contribution in [0.1, 0.15) is 5.56 Å². The summed E-state index contributed by atoms with van der Waals surface area (Å²) in [5, 5.41) is 1.88. The number of carbonyl (C=O) groups excluding carboxylic acids is 1. The highest BCUT2D eigenvalue weighted by Gasteiger charge is 2.25. The first-order valence-electron chi connectivity index (χ1n) is 9.21. The van der Waals surface area contributed by atoms with Gasteiger partial charge in [0.05, 0.1) is 16.3 Å². The smallest absolute Gasteiger partial charge is 0.265 e. The molecule has 0 bridgehead atoms. The lowest BCUT2D eigenvalue weighted by atomic mass is 10.1. The Bertz CT molecular complexity index is 1290. The molecule has 0 radical (unpaired) electrons. The number of anilines is 2. The number of aryl methyl sites for hydroxylation is 1. The van der Waals surface area contributed by atoms with Crippen LogP contribution in [-0.2, 0) is 14.8 Å². The third kappa shape index (κ3) is 4.17. The Morgan fingerprint density at radius 2 is 2.13 bits per heavy atom. The highest BCUT2D eigenvalue weighted by molar-refractivity contribution is 7.93. The van der Waals surface area contributed by atoms with Crippen LogP contribution in [0, 0.1) is 12.7 Å². The first-order chi connectivity index (χ1) is 14.8. The van der Waals surface area contributed by atoms with Crippen molar-refractivity contribution in [2.24, 2.45) is 0 Å². The molecule has 0 saturated heterocycles. The fourth-order valence-corrected chi connectivity index (χ4v) is 5.43. The average molecular weight is 460 g/mol. The van der Waals surface area contributed by atoms with Crippen LogP contribution in [0.5, 0.6) is 5.75 Å². The molecule has 1 aliphatic heterocycles. The molecule has 3 aromatic rings. The number of thiazole rings is 1. The minimum Gasteiger partial charge on any atom is -0.482 e. The van der Waals surface area contributed by atoms with Crippen LogP contribution in [0.4, 0.5) is 15.2 Å². The zero-order chi connectivity index (χ0) is 22.2. The van der Waals surface area contributed by atoms with Crippen molar-refractivity contribution in [3.63, 3.8) is 0 Å². The SMILES string of the molecule is C=CCN1C(=O)COc2ccc(-c3csc(NS(=O)(=O)c4ccc(F)cc4C)n3)cc21. The van der Waals surface area contributed by atoms with Crippen LogP contribution in [0.15, 0.2) is 59.3 Å². The molecule has 0 unspecified atom stereocenters. The van der Waals surface area contributed by atoms with Crippen molar-refractivity contribution in [3.05, 3.63) is 65.8 Å². The summed E-state index contributed by atoms with van der Waals surface area (Å²) in [5.74, 6) is -0.104. The predicted octanol–water partition coefficient (Wildman–Crippen LogP) is 3.97. The third-order valence-corrected chi connectivity index (χ3v) is 7.05. The predicted molar refractivity (Wildman–Crippen MR) is 118 cm³/mol. The van der Waals surface area contributed by atoms with Crippen molar-refractivity contribution >= 4 is 38.1 Å². The standard InChI is InChI=1S/C21H18FN3O4S2/c1-3-8-25-17-10-14(4-6-18(17)29-11-20(25)26)16-12-30-21(23-16)24-31(27,28)19-7-5-15(22)9-13(19)2/h3-7,9-10,12H,1,8,11H2,2H3,(H,23,24). The fourth-order valence-electron chi connectivity index (χ4n) is 3.23. The molecule has 0 spiro atoms. The number of nitrogens with zero attached hydrogens (tertiary/aromatic N) is 2. The van der Waals surface area contributed by atoms with E-state index < -0.39 is 15.8 Å². The Labute approximate surface area is 182 Å². The molecule has 31 heavy (non-hydrogen) atoms. The van der Waals surface area contributed by atoms with Crippen LogP contribution < -0.4 is 14.4 Å². The number of ether oxygens (including phenoxy) is 1. The Hall–Kier alpha value is -3.24. The molecule has 160 valence electrons. The number of amides is 1. The molecule has 1 amide bonds. The van der Waals surface area contributed by atoms with Gasteiger partial charge in [-0.1, -0.05) is 6.08 Å². The molecule has 2 heterocycles.